The lowest BCUT2D eigenvalue weighted by Gasteiger charge is -2.46. The minimum Gasteiger partial charge on any atom is -0.393 e. The van der Waals surface area contributed by atoms with E-state index in [1.54, 1.807) is 11.0 Å². The van der Waals surface area contributed by atoms with Crippen molar-refractivity contribution in [1.82, 2.24) is 4.90 Å². The third-order valence-electron chi connectivity index (χ3n) is 12.4. The van der Waals surface area contributed by atoms with Crippen LogP contribution < -0.4 is 5.32 Å². The Morgan fingerprint density at radius 1 is 0.929 bits per heavy atom. The normalized spacial score (nSPS) is 22.6. The fourth-order valence-corrected chi connectivity index (χ4v) is 9.30. The standard InChI is InChI=1S/C48H50ClFN2O4/c1-32-11-10-25-47(2)42(39-23-21-33(27-37(53)22-20-32)28-40(39)45(54)29-41-43(49)18-9-19-44(41)50)24-26-48(47,56)31-52(46(55)51-36-15-4-3-5-16-36)30-35-14-8-13-34-12-6-7-17-38(34)35/h3-9,11-19,21,23,28,37,42,53,56H,10,20,22,24-27,29-31H2,1-2H3,(H,51,55). The fourth-order valence-electron chi connectivity index (χ4n) is 9.07. The summed E-state index contributed by atoms with van der Waals surface area (Å²) in [6, 6.07) is 33.4. The van der Waals surface area contributed by atoms with Gasteiger partial charge in [-0.25, -0.2) is 9.18 Å². The zero-order chi connectivity index (χ0) is 39.5. The Labute approximate surface area is 334 Å². The molecule has 0 heterocycles. The van der Waals surface area contributed by atoms with E-state index in [1.165, 1.54) is 17.7 Å². The average Bonchev–Trinajstić information content (AvgIpc) is 3.44. The lowest BCUT2D eigenvalue weighted by molar-refractivity contribution is -0.0773. The van der Waals surface area contributed by atoms with Crippen LogP contribution in [0.2, 0.25) is 5.02 Å². The lowest BCUT2D eigenvalue weighted by Crippen LogP contribution is -2.54. The number of nitrogens with zero attached hydrogens (tertiary/aromatic N) is 1. The summed E-state index contributed by atoms with van der Waals surface area (Å²) in [5.74, 6) is -1.08. The molecule has 0 aromatic heterocycles. The molecule has 2 amide bonds. The lowest BCUT2D eigenvalue weighted by atomic mass is 9.64. The second-order valence-electron chi connectivity index (χ2n) is 16.0. The summed E-state index contributed by atoms with van der Waals surface area (Å²) in [7, 11) is 0. The second-order valence-corrected chi connectivity index (χ2v) is 16.4. The Morgan fingerprint density at radius 3 is 2.48 bits per heavy atom. The number of hydrogen-bond donors (Lipinski definition) is 3. The number of ketones is 1. The Bertz CT molecular complexity index is 2230. The highest BCUT2D eigenvalue weighted by atomic mass is 35.5. The number of para-hydroxylation sites is 1. The number of hydrogen-bond acceptors (Lipinski definition) is 4. The summed E-state index contributed by atoms with van der Waals surface area (Å²) >= 11 is 6.42. The molecule has 8 rings (SSSR count). The molecule has 56 heavy (non-hydrogen) atoms. The summed E-state index contributed by atoms with van der Waals surface area (Å²) in [4.78, 5) is 30.5. The first-order chi connectivity index (χ1) is 26.9. The van der Waals surface area contributed by atoms with E-state index in [0.717, 1.165) is 33.9 Å². The first-order valence-electron chi connectivity index (χ1n) is 19.7. The Balaban J connectivity index is 1.30. The van der Waals surface area contributed by atoms with E-state index >= 15 is 4.39 Å². The molecule has 290 valence electrons. The van der Waals surface area contributed by atoms with Crippen LogP contribution in [0.25, 0.3) is 10.8 Å². The maximum Gasteiger partial charge on any atom is 0.322 e. The number of aliphatic hydroxyl groups excluding tert-OH is 1. The highest BCUT2D eigenvalue weighted by molar-refractivity contribution is 6.31. The number of halogens is 2. The van der Waals surface area contributed by atoms with E-state index in [-0.39, 0.29) is 47.8 Å². The Kier molecular flexibility index (Phi) is 11.8. The molecule has 4 unspecified atom stereocenters. The first kappa shape index (κ1) is 39.4. The number of fused-ring (bicyclic) bond motifs is 9. The number of carbonyl (C=O) groups is 2. The van der Waals surface area contributed by atoms with Gasteiger partial charge in [-0.3, -0.25) is 4.79 Å². The third-order valence-corrected chi connectivity index (χ3v) is 12.7. The average molecular weight is 773 g/mol. The predicted molar refractivity (Wildman–Crippen MR) is 223 cm³/mol. The summed E-state index contributed by atoms with van der Waals surface area (Å²) in [6.07, 6.45) is 5.28. The highest BCUT2D eigenvalue weighted by Gasteiger charge is 2.57. The van der Waals surface area contributed by atoms with Gasteiger partial charge in [0.1, 0.15) is 5.82 Å². The quantitative estimate of drug-likeness (QED) is 0.108. The summed E-state index contributed by atoms with van der Waals surface area (Å²) in [5, 5.41) is 29.6. The van der Waals surface area contributed by atoms with Crippen LogP contribution in [0.4, 0.5) is 14.9 Å². The number of amides is 2. The van der Waals surface area contributed by atoms with Crippen LogP contribution in [0.3, 0.4) is 0 Å². The van der Waals surface area contributed by atoms with E-state index < -0.39 is 22.9 Å². The van der Waals surface area contributed by atoms with Gasteiger partial charge in [0.05, 0.1) is 18.2 Å². The number of anilines is 1. The highest BCUT2D eigenvalue weighted by Crippen LogP contribution is 2.59. The van der Waals surface area contributed by atoms with Gasteiger partial charge in [-0.2, -0.15) is 0 Å². The molecule has 0 saturated heterocycles. The summed E-state index contributed by atoms with van der Waals surface area (Å²) in [6.45, 7) is 4.51. The fraction of sp³-hybridized carbons (Fsp3) is 0.333. The number of allylic oxidation sites excluding steroid dienone is 2. The number of urea groups is 1. The first-order valence-corrected chi connectivity index (χ1v) is 20.0. The molecule has 8 heteroatoms. The molecule has 3 N–H and O–H groups in total. The number of aliphatic hydroxyl groups is 2. The Hall–Kier alpha value is -4.82. The smallest absolute Gasteiger partial charge is 0.322 e. The van der Waals surface area contributed by atoms with Crippen molar-refractivity contribution in [3.05, 3.63) is 160 Å². The van der Waals surface area contributed by atoms with Crippen LogP contribution in [0, 0.1) is 11.2 Å². The van der Waals surface area contributed by atoms with Crippen LogP contribution in [0.5, 0.6) is 0 Å². The number of Topliss-reactive ketones (excluding diaryl/α,β-unsaturated/α-hetero) is 1. The molecule has 3 aliphatic rings. The van der Waals surface area contributed by atoms with Crippen molar-refractivity contribution in [2.45, 2.75) is 89.4 Å². The largest absolute Gasteiger partial charge is 0.393 e. The van der Waals surface area contributed by atoms with Crippen molar-refractivity contribution in [2.24, 2.45) is 5.41 Å². The van der Waals surface area contributed by atoms with Gasteiger partial charge in [0.2, 0.25) is 0 Å². The topological polar surface area (TPSA) is 89.9 Å². The van der Waals surface area contributed by atoms with E-state index in [4.69, 9.17) is 11.6 Å². The number of nitrogens with one attached hydrogen (secondary N) is 1. The summed E-state index contributed by atoms with van der Waals surface area (Å²) < 4.78 is 15.0. The van der Waals surface area contributed by atoms with Gasteiger partial charge in [0, 0.05) is 40.2 Å². The van der Waals surface area contributed by atoms with Crippen LogP contribution in [-0.2, 0) is 19.4 Å². The van der Waals surface area contributed by atoms with E-state index in [9.17, 15) is 19.8 Å². The molecule has 4 atom stereocenters. The molecule has 0 spiro atoms. The van der Waals surface area contributed by atoms with Gasteiger partial charge in [0.25, 0.3) is 0 Å². The molecule has 0 aliphatic heterocycles. The van der Waals surface area contributed by atoms with Crippen molar-refractivity contribution in [3.63, 3.8) is 0 Å². The molecule has 2 bridgehead atoms. The molecular formula is C48H50ClFN2O4. The van der Waals surface area contributed by atoms with E-state index in [2.05, 4.69) is 43.4 Å². The van der Waals surface area contributed by atoms with Gasteiger partial charge < -0.3 is 20.4 Å². The molecule has 3 aliphatic carbocycles. The molecule has 1 saturated carbocycles. The van der Waals surface area contributed by atoms with Gasteiger partial charge in [-0.1, -0.05) is 109 Å². The zero-order valence-electron chi connectivity index (χ0n) is 32.1. The van der Waals surface area contributed by atoms with Crippen molar-refractivity contribution < 1.29 is 24.2 Å². The van der Waals surface area contributed by atoms with E-state index in [0.29, 0.717) is 49.8 Å². The van der Waals surface area contributed by atoms with Crippen LogP contribution in [0.15, 0.2) is 121 Å². The van der Waals surface area contributed by atoms with Crippen LogP contribution >= 0.6 is 11.6 Å². The third kappa shape index (κ3) is 8.31. The van der Waals surface area contributed by atoms with Gasteiger partial charge in [-0.05, 0) is 116 Å². The van der Waals surface area contributed by atoms with Crippen LogP contribution in [-0.4, -0.2) is 45.2 Å². The second kappa shape index (κ2) is 16.7. The number of carbonyl (C=O) groups excluding carboxylic acids is 2. The van der Waals surface area contributed by atoms with Gasteiger partial charge in [-0.15, -0.1) is 0 Å². The molecule has 6 nitrogen and oxygen atoms in total. The number of benzene rings is 5. The van der Waals surface area contributed by atoms with Crippen molar-refractivity contribution in [2.75, 3.05) is 11.9 Å². The SMILES string of the molecule is CC1=CCCC2(C)C(CCC2(O)CN(Cc2cccc3ccccc23)C(=O)Nc2ccccc2)c2ccc(cc2C(=O)Cc2c(F)cccc2Cl)CC(O)CC1. The van der Waals surface area contributed by atoms with Crippen LogP contribution in [0.1, 0.15) is 90.9 Å². The van der Waals surface area contributed by atoms with Crippen molar-refractivity contribution in [3.8, 4) is 0 Å². The van der Waals surface area contributed by atoms with E-state index in [1.807, 2.05) is 72.8 Å². The van der Waals surface area contributed by atoms with Crippen molar-refractivity contribution >= 4 is 39.9 Å². The molecular weight excluding hydrogens is 723 g/mol. The number of rotatable bonds is 8. The summed E-state index contributed by atoms with van der Waals surface area (Å²) in [5.41, 5.74) is 2.86. The maximum atomic E-state index is 15.0. The molecule has 5 aromatic carbocycles. The van der Waals surface area contributed by atoms with Gasteiger partial charge >= 0.3 is 6.03 Å². The minimum atomic E-state index is -1.35. The zero-order valence-corrected chi connectivity index (χ0v) is 32.9. The van der Waals surface area contributed by atoms with Crippen molar-refractivity contribution in [1.29, 1.82) is 0 Å². The maximum absolute atomic E-state index is 15.0. The predicted octanol–water partition coefficient (Wildman–Crippen LogP) is 10.8. The molecule has 0 radical (unpaired) electrons. The Morgan fingerprint density at radius 2 is 1.68 bits per heavy atom. The minimum absolute atomic E-state index is 0.0585. The monoisotopic (exact) mass is 772 g/mol. The molecule has 1 fully saturated rings. The molecule has 5 aromatic rings. The van der Waals surface area contributed by atoms with Gasteiger partial charge in [0.15, 0.2) is 5.78 Å².